The zero-order chi connectivity index (χ0) is 26.9. The number of hydroxylamine groups is 1. The van der Waals surface area contributed by atoms with Crippen LogP contribution in [-0.2, 0) is 16.6 Å². The average molecular weight is 499 g/mol. The minimum Gasteiger partial charge on any atom is -0.393 e. The van der Waals surface area contributed by atoms with Crippen LogP contribution in [0, 0.1) is 12.3 Å². The zero-order valence-electron chi connectivity index (χ0n) is 22.5. The maximum absolute atomic E-state index is 12.5. The Labute approximate surface area is 214 Å². The normalized spacial score (nSPS) is 12.8. The van der Waals surface area contributed by atoms with E-state index in [2.05, 4.69) is 19.2 Å². The predicted octanol–water partition coefficient (Wildman–Crippen LogP) is 4.25. The van der Waals surface area contributed by atoms with Gasteiger partial charge in [0, 0.05) is 30.4 Å². The number of hydrogen-bond donors (Lipinski definition) is 4. The molecule has 1 aromatic carbocycles. The molecule has 0 aliphatic rings. The van der Waals surface area contributed by atoms with E-state index >= 15 is 0 Å². The van der Waals surface area contributed by atoms with Gasteiger partial charge in [-0.2, -0.15) is 0 Å². The van der Waals surface area contributed by atoms with Gasteiger partial charge in [-0.1, -0.05) is 46.8 Å². The number of nitrogens with zero attached hydrogens (tertiary/aromatic N) is 2. The maximum Gasteiger partial charge on any atom is 0.251 e. The van der Waals surface area contributed by atoms with Crippen LogP contribution >= 0.6 is 0 Å². The molecular weight excluding hydrogens is 456 g/mol. The lowest BCUT2D eigenvalue weighted by atomic mass is 9.74. The molecule has 0 radical (unpaired) electrons. The van der Waals surface area contributed by atoms with Gasteiger partial charge in [0.15, 0.2) is 0 Å². The van der Waals surface area contributed by atoms with E-state index < -0.39 is 12.0 Å². The van der Waals surface area contributed by atoms with E-state index in [-0.39, 0.29) is 23.2 Å². The molecule has 2 aromatic rings. The van der Waals surface area contributed by atoms with Crippen LogP contribution in [0.2, 0.25) is 0 Å². The van der Waals surface area contributed by atoms with Crippen LogP contribution in [0.4, 0.5) is 0 Å². The Kier molecular flexibility index (Phi) is 10.5. The van der Waals surface area contributed by atoms with Gasteiger partial charge in [0.1, 0.15) is 5.82 Å². The van der Waals surface area contributed by atoms with Gasteiger partial charge in [-0.05, 0) is 67.7 Å². The highest BCUT2D eigenvalue weighted by molar-refractivity contribution is 5.94. The molecule has 198 valence electrons. The second-order valence-electron chi connectivity index (χ2n) is 10.5. The molecule has 0 spiro atoms. The highest BCUT2D eigenvalue weighted by atomic mass is 16.5. The number of amides is 2. The van der Waals surface area contributed by atoms with Crippen molar-refractivity contribution in [2.75, 3.05) is 6.54 Å². The van der Waals surface area contributed by atoms with Crippen molar-refractivity contribution in [1.82, 2.24) is 20.8 Å². The molecule has 36 heavy (non-hydrogen) atoms. The molecule has 0 saturated carbocycles. The first kappa shape index (κ1) is 29.4. The Hall–Kier alpha value is -2.84. The van der Waals surface area contributed by atoms with Crippen LogP contribution < -0.4 is 10.8 Å². The Morgan fingerprint density at radius 1 is 1.08 bits per heavy atom. The van der Waals surface area contributed by atoms with Crippen molar-refractivity contribution in [3.8, 4) is 0 Å². The average Bonchev–Trinajstić information content (AvgIpc) is 2.86. The van der Waals surface area contributed by atoms with Crippen molar-refractivity contribution in [2.45, 2.75) is 91.6 Å². The molecule has 0 bridgehead atoms. The molecule has 1 heterocycles. The van der Waals surface area contributed by atoms with Gasteiger partial charge in [0.25, 0.3) is 5.91 Å². The van der Waals surface area contributed by atoms with Crippen molar-refractivity contribution < 1.29 is 19.9 Å². The number of rotatable bonds is 12. The third kappa shape index (κ3) is 7.34. The van der Waals surface area contributed by atoms with Crippen molar-refractivity contribution in [1.29, 1.82) is 0 Å². The number of aliphatic hydroxyl groups is 1. The standard InChI is InChI=1S/C28H42N4O4/c1-7-28(8-2,26-30-18-21(19(3)31-26)13-16-23(33)27(4,5)6)22-14-11-20(12-15-22)25(35)29-17-9-10-24(34)32-36/h11-12,14-15,18,23,33,36H,7-10,13,16-17H2,1-6H3,(H,29,35)(H,32,34). The summed E-state index contributed by atoms with van der Waals surface area (Å²) in [7, 11) is 0. The highest BCUT2D eigenvalue weighted by Crippen LogP contribution is 2.37. The fourth-order valence-electron chi connectivity index (χ4n) is 4.35. The van der Waals surface area contributed by atoms with Gasteiger partial charge in [-0.3, -0.25) is 14.8 Å². The summed E-state index contributed by atoms with van der Waals surface area (Å²) in [6.45, 7) is 12.7. The molecule has 0 saturated heterocycles. The number of aromatic nitrogens is 2. The summed E-state index contributed by atoms with van der Waals surface area (Å²) in [5.41, 5.74) is 4.62. The monoisotopic (exact) mass is 498 g/mol. The summed E-state index contributed by atoms with van der Waals surface area (Å²) in [4.78, 5) is 33.2. The van der Waals surface area contributed by atoms with Crippen molar-refractivity contribution in [2.24, 2.45) is 5.41 Å². The number of benzene rings is 1. The van der Waals surface area contributed by atoms with Gasteiger partial charge in [0.2, 0.25) is 5.91 Å². The number of carbonyl (C=O) groups is 2. The Morgan fingerprint density at radius 2 is 1.72 bits per heavy atom. The molecule has 8 heteroatoms. The zero-order valence-corrected chi connectivity index (χ0v) is 22.5. The molecule has 1 aromatic heterocycles. The summed E-state index contributed by atoms with van der Waals surface area (Å²) in [6.07, 6.45) is 5.09. The fourth-order valence-corrected chi connectivity index (χ4v) is 4.35. The topological polar surface area (TPSA) is 124 Å². The number of carbonyl (C=O) groups excluding carboxylic acids is 2. The lowest BCUT2D eigenvalue weighted by Gasteiger charge is -2.31. The van der Waals surface area contributed by atoms with Crippen LogP contribution in [0.25, 0.3) is 0 Å². The van der Waals surface area contributed by atoms with Crippen LogP contribution in [0.3, 0.4) is 0 Å². The Bertz CT molecular complexity index is 1010. The molecule has 0 fully saturated rings. The summed E-state index contributed by atoms with van der Waals surface area (Å²) in [5, 5.41) is 21.7. The van der Waals surface area contributed by atoms with E-state index in [1.165, 1.54) is 0 Å². The molecule has 0 aliphatic heterocycles. The summed E-state index contributed by atoms with van der Waals surface area (Å²) < 4.78 is 0. The van der Waals surface area contributed by atoms with Crippen molar-refractivity contribution >= 4 is 11.8 Å². The summed E-state index contributed by atoms with van der Waals surface area (Å²) in [5.74, 6) is 0.0833. The van der Waals surface area contributed by atoms with Gasteiger partial charge in [-0.15, -0.1) is 0 Å². The molecule has 0 aliphatic carbocycles. The summed E-state index contributed by atoms with van der Waals surface area (Å²) in [6, 6.07) is 7.54. The molecular formula is C28H42N4O4. The first-order valence-corrected chi connectivity index (χ1v) is 12.8. The van der Waals surface area contributed by atoms with Crippen LogP contribution in [-0.4, -0.2) is 44.7 Å². The maximum atomic E-state index is 12.5. The second-order valence-corrected chi connectivity index (χ2v) is 10.5. The third-order valence-corrected chi connectivity index (χ3v) is 7.09. The quantitative estimate of drug-likeness (QED) is 0.197. The first-order chi connectivity index (χ1) is 17.0. The molecule has 8 nitrogen and oxygen atoms in total. The van der Waals surface area contributed by atoms with E-state index in [9.17, 15) is 14.7 Å². The largest absolute Gasteiger partial charge is 0.393 e. The summed E-state index contributed by atoms with van der Waals surface area (Å²) >= 11 is 0. The van der Waals surface area contributed by atoms with E-state index in [0.717, 1.165) is 41.9 Å². The number of aliphatic hydroxyl groups excluding tert-OH is 1. The van der Waals surface area contributed by atoms with Crippen molar-refractivity contribution in [3.63, 3.8) is 0 Å². The smallest absolute Gasteiger partial charge is 0.251 e. The van der Waals surface area contributed by atoms with Crippen LogP contribution in [0.15, 0.2) is 30.5 Å². The number of nitrogens with one attached hydrogen (secondary N) is 2. The van der Waals surface area contributed by atoms with Gasteiger partial charge in [-0.25, -0.2) is 15.4 Å². The van der Waals surface area contributed by atoms with Gasteiger partial charge in [0.05, 0.1) is 11.5 Å². The first-order valence-electron chi connectivity index (χ1n) is 12.8. The Morgan fingerprint density at radius 3 is 2.25 bits per heavy atom. The second kappa shape index (κ2) is 12.9. The molecule has 4 N–H and O–H groups in total. The molecule has 1 atom stereocenters. The van der Waals surface area contributed by atoms with E-state index in [4.69, 9.17) is 15.2 Å². The van der Waals surface area contributed by atoms with E-state index in [1.807, 2.05) is 46.0 Å². The molecule has 1 unspecified atom stereocenters. The van der Waals surface area contributed by atoms with Gasteiger partial charge >= 0.3 is 0 Å². The fraction of sp³-hybridized carbons (Fsp3) is 0.571. The predicted molar refractivity (Wildman–Crippen MR) is 140 cm³/mol. The Balaban J connectivity index is 2.17. The highest BCUT2D eigenvalue weighted by Gasteiger charge is 2.34. The molecule has 2 amide bonds. The minimum atomic E-state index is -0.475. The number of aryl methyl sites for hydroxylation is 2. The van der Waals surface area contributed by atoms with Crippen LogP contribution in [0.1, 0.15) is 99.7 Å². The van der Waals surface area contributed by atoms with E-state index in [1.54, 1.807) is 17.6 Å². The lowest BCUT2D eigenvalue weighted by Crippen LogP contribution is -2.30. The number of hydrogen-bond acceptors (Lipinski definition) is 6. The SMILES string of the molecule is CCC(CC)(c1ccc(C(=O)NCCCC(=O)NO)cc1)c1ncc(CCC(O)C(C)(C)C)c(C)n1. The van der Waals surface area contributed by atoms with Crippen LogP contribution in [0.5, 0.6) is 0 Å². The lowest BCUT2D eigenvalue weighted by molar-refractivity contribution is -0.129. The third-order valence-electron chi connectivity index (χ3n) is 7.09. The minimum absolute atomic E-state index is 0.139. The van der Waals surface area contributed by atoms with Gasteiger partial charge < -0.3 is 10.4 Å². The molecule has 2 rings (SSSR count). The van der Waals surface area contributed by atoms with E-state index in [0.29, 0.717) is 24.9 Å². The van der Waals surface area contributed by atoms with Crippen molar-refractivity contribution in [3.05, 3.63) is 58.7 Å².